The lowest BCUT2D eigenvalue weighted by Gasteiger charge is -2.33. The minimum atomic E-state index is -0.357. The number of nitrogens with zero attached hydrogens (tertiary/aromatic N) is 1. The Kier molecular flexibility index (Phi) is 3.15. The third-order valence-corrected chi connectivity index (χ3v) is 2.98. The van der Waals surface area contributed by atoms with Crippen LogP contribution in [0.15, 0.2) is 0 Å². The van der Waals surface area contributed by atoms with Crippen LogP contribution in [-0.2, 0) is 4.79 Å². The molecule has 0 spiro atoms. The molecule has 1 atom stereocenters. The third kappa shape index (κ3) is 3.20. The van der Waals surface area contributed by atoms with E-state index < -0.39 is 0 Å². The van der Waals surface area contributed by atoms with E-state index in [2.05, 4.69) is 27.7 Å². The molecule has 1 amide bonds. The minimum Gasteiger partial charge on any atom is -0.340 e. The Bertz CT molecular complexity index is 256. The molecular formula is C12H24N2O. The monoisotopic (exact) mass is 212 g/mol. The van der Waals surface area contributed by atoms with Gasteiger partial charge >= 0.3 is 0 Å². The second kappa shape index (κ2) is 3.78. The van der Waals surface area contributed by atoms with E-state index in [0.717, 1.165) is 13.0 Å². The molecule has 1 heterocycles. The van der Waals surface area contributed by atoms with Crippen molar-refractivity contribution >= 4 is 5.91 Å². The Morgan fingerprint density at radius 1 is 1.33 bits per heavy atom. The second-order valence-electron chi connectivity index (χ2n) is 6.29. The van der Waals surface area contributed by atoms with Gasteiger partial charge in [-0.05, 0) is 32.6 Å². The maximum atomic E-state index is 12.0. The first-order chi connectivity index (χ1) is 6.63. The summed E-state index contributed by atoms with van der Waals surface area (Å²) >= 11 is 0. The maximum absolute atomic E-state index is 12.0. The van der Waals surface area contributed by atoms with Crippen LogP contribution in [0.4, 0.5) is 0 Å². The molecule has 0 saturated carbocycles. The fraction of sp³-hybridized carbons (Fsp3) is 0.917. The molecular weight excluding hydrogens is 188 g/mol. The van der Waals surface area contributed by atoms with Gasteiger partial charge in [-0.2, -0.15) is 0 Å². The number of amides is 1. The molecule has 0 aromatic heterocycles. The van der Waals surface area contributed by atoms with Gasteiger partial charge in [-0.15, -0.1) is 0 Å². The van der Waals surface area contributed by atoms with E-state index in [1.165, 1.54) is 0 Å². The highest BCUT2D eigenvalue weighted by atomic mass is 16.2. The van der Waals surface area contributed by atoms with Gasteiger partial charge in [-0.3, -0.25) is 4.79 Å². The average Bonchev–Trinajstić information content (AvgIpc) is 2.02. The van der Waals surface area contributed by atoms with E-state index in [9.17, 15) is 4.79 Å². The van der Waals surface area contributed by atoms with E-state index in [-0.39, 0.29) is 22.9 Å². The summed E-state index contributed by atoms with van der Waals surface area (Å²) in [5.74, 6) is 0.195. The topological polar surface area (TPSA) is 46.3 Å². The molecule has 0 aliphatic carbocycles. The van der Waals surface area contributed by atoms with E-state index in [4.69, 9.17) is 5.73 Å². The zero-order valence-corrected chi connectivity index (χ0v) is 10.6. The van der Waals surface area contributed by atoms with Crippen molar-refractivity contribution in [1.82, 2.24) is 4.90 Å². The summed E-state index contributed by atoms with van der Waals surface area (Å²) in [6, 6.07) is 0.269. The molecule has 1 unspecified atom stereocenters. The van der Waals surface area contributed by atoms with Crippen molar-refractivity contribution in [3.8, 4) is 0 Å². The molecule has 0 aromatic rings. The molecule has 2 N–H and O–H groups in total. The first kappa shape index (κ1) is 12.5. The number of nitrogens with two attached hydrogens (primary N) is 1. The van der Waals surface area contributed by atoms with Crippen LogP contribution in [0.1, 0.15) is 47.5 Å². The Labute approximate surface area is 93.0 Å². The van der Waals surface area contributed by atoms with E-state index >= 15 is 0 Å². The van der Waals surface area contributed by atoms with E-state index in [1.807, 2.05) is 11.8 Å². The summed E-state index contributed by atoms with van der Waals surface area (Å²) in [6.45, 7) is 11.3. The van der Waals surface area contributed by atoms with Crippen LogP contribution in [-0.4, -0.2) is 28.9 Å². The molecule has 1 rings (SSSR count). The van der Waals surface area contributed by atoms with Crippen LogP contribution in [0.2, 0.25) is 0 Å². The summed E-state index contributed by atoms with van der Waals surface area (Å²) in [5.41, 5.74) is 5.91. The summed E-state index contributed by atoms with van der Waals surface area (Å²) in [6.07, 6.45) is 1.36. The highest BCUT2D eigenvalue weighted by Crippen LogP contribution is 2.34. The number of hydrogen-bond donors (Lipinski definition) is 1. The van der Waals surface area contributed by atoms with E-state index in [1.54, 1.807) is 0 Å². The standard InChI is InChI=1S/C12H24N2O/c1-9(2)14-8-11(3,4)7-12(5,13)6-10(14)15/h9H,6-8,13H2,1-5H3. The highest BCUT2D eigenvalue weighted by Gasteiger charge is 2.39. The predicted octanol–water partition coefficient (Wildman–Crippen LogP) is 1.76. The summed E-state index contributed by atoms with van der Waals surface area (Å²) in [7, 11) is 0. The Balaban J connectivity index is 2.94. The molecule has 3 heteroatoms. The zero-order valence-electron chi connectivity index (χ0n) is 10.6. The van der Waals surface area contributed by atoms with Crippen molar-refractivity contribution in [2.24, 2.45) is 11.1 Å². The summed E-state index contributed by atoms with van der Waals surface area (Å²) < 4.78 is 0. The van der Waals surface area contributed by atoms with Crippen molar-refractivity contribution in [2.45, 2.75) is 59.0 Å². The molecule has 0 radical (unpaired) electrons. The van der Waals surface area contributed by atoms with Gasteiger partial charge in [0.2, 0.25) is 5.91 Å². The molecule has 0 aromatic carbocycles. The molecule has 3 nitrogen and oxygen atoms in total. The van der Waals surface area contributed by atoms with Crippen LogP contribution < -0.4 is 5.73 Å². The van der Waals surface area contributed by atoms with Gasteiger partial charge in [0, 0.05) is 24.5 Å². The second-order valence-corrected chi connectivity index (χ2v) is 6.29. The lowest BCUT2D eigenvalue weighted by Crippen LogP contribution is -2.42. The Morgan fingerprint density at radius 3 is 2.33 bits per heavy atom. The fourth-order valence-electron chi connectivity index (χ4n) is 2.68. The molecule has 1 aliphatic heterocycles. The van der Waals surface area contributed by atoms with Crippen LogP contribution in [0.5, 0.6) is 0 Å². The summed E-state index contributed by atoms with van der Waals surface area (Å²) in [4.78, 5) is 14.0. The van der Waals surface area contributed by atoms with Gasteiger partial charge in [0.1, 0.15) is 0 Å². The van der Waals surface area contributed by atoms with Crippen molar-refractivity contribution in [2.75, 3.05) is 6.54 Å². The molecule has 1 saturated heterocycles. The third-order valence-electron chi connectivity index (χ3n) is 2.98. The quantitative estimate of drug-likeness (QED) is 0.720. The van der Waals surface area contributed by atoms with E-state index in [0.29, 0.717) is 6.42 Å². The van der Waals surface area contributed by atoms with Gasteiger partial charge in [-0.25, -0.2) is 0 Å². The predicted molar refractivity (Wildman–Crippen MR) is 62.5 cm³/mol. The number of carbonyl (C=O) groups is 1. The largest absolute Gasteiger partial charge is 0.340 e. The first-order valence-electron chi connectivity index (χ1n) is 5.71. The molecule has 1 fully saturated rings. The van der Waals surface area contributed by atoms with Gasteiger partial charge in [0.15, 0.2) is 0 Å². The molecule has 1 aliphatic rings. The number of carbonyl (C=O) groups excluding carboxylic acids is 1. The lowest BCUT2D eigenvalue weighted by molar-refractivity contribution is -0.133. The van der Waals surface area contributed by atoms with Crippen molar-refractivity contribution in [3.63, 3.8) is 0 Å². The lowest BCUT2D eigenvalue weighted by atomic mass is 9.79. The van der Waals surface area contributed by atoms with Crippen LogP contribution >= 0.6 is 0 Å². The van der Waals surface area contributed by atoms with Crippen molar-refractivity contribution < 1.29 is 4.79 Å². The van der Waals surface area contributed by atoms with Crippen LogP contribution in [0.25, 0.3) is 0 Å². The van der Waals surface area contributed by atoms with Crippen molar-refractivity contribution in [3.05, 3.63) is 0 Å². The highest BCUT2D eigenvalue weighted by molar-refractivity contribution is 5.78. The summed E-state index contributed by atoms with van der Waals surface area (Å²) in [5, 5.41) is 0. The SMILES string of the molecule is CC(C)N1CC(C)(C)CC(C)(N)CC1=O. The molecule has 88 valence electrons. The van der Waals surface area contributed by atoms with Gasteiger partial charge in [0.05, 0.1) is 0 Å². The van der Waals surface area contributed by atoms with Gasteiger partial charge < -0.3 is 10.6 Å². The minimum absolute atomic E-state index is 0.111. The van der Waals surface area contributed by atoms with Crippen molar-refractivity contribution in [1.29, 1.82) is 0 Å². The average molecular weight is 212 g/mol. The Hall–Kier alpha value is -0.570. The number of likely N-dealkylation sites (tertiary alicyclic amines) is 1. The number of hydrogen-bond acceptors (Lipinski definition) is 2. The smallest absolute Gasteiger partial charge is 0.224 e. The molecule has 0 bridgehead atoms. The molecule has 15 heavy (non-hydrogen) atoms. The van der Waals surface area contributed by atoms with Gasteiger partial charge in [0.25, 0.3) is 0 Å². The van der Waals surface area contributed by atoms with Crippen LogP contribution in [0, 0.1) is 5.41 Å². The normalized spacial score (nSPS) is 31.9. The maximum Gasteiger partial charge on any atom is 0.224 e. The fourth-order valence-corrected chi connectivity index (χ4v) is 2.68. The van der Waals surface area contributed by atoms with Crippen LogP contribution in [0.3, 0.4) is 0 Å². The van der Waals surface area contributed by atoms with Gasteiger partial charge in [-0.1, -0.05) is 13.8 Å². The first-order valence-corrected chi connectivity index (χ1v) is 5.71. The zero-order chi connectivity index (χ0) is 11.9. The number of rotatable bonds is 1. The Morgan fingerprint density at radius 2 is 1.87 bits per heavy atom.